The molecule has 2 N–H and O–H groups in total. The Morgan fingerprint density at radius 3 is 2.83 bits per heavy atom. The summed E-state index contributed by atoms with van der Waals surface area (Å²) in [6, 6.07) is 5.93. The van der Waals surface area contributed by atoms with Gasteiger partial charge in [-0.1, -0.05) is 29.3 Å². The summed E-state index contributed by atoms with van der Waals surface area (Å²) in [5.41, 5.74) is 2.59. The zero-order valence-electron chi connectivity index (χ0n) is 13.0. The molecule has 1 aliphatic rings. The number of rotatable bonds is 2. The Hall–Kier alpha value is -1.82. The summed E-state index contributed by atoms with van der Waals surface area (Å²) >= 11 is 12.6. The molecule has 0 amide bonds. The van der Waals surface area contributed by atoms with E-state index in [9.17, 15) is 5.11 Å². The van der Waals surface area contributed by atoms with Crippen LogP contribution in [0, 0.1) is 0 Å². The van der Waals surface area contributed by atoms with Gasteiger partial charge in [-0.25, -0.2) is 4.98 Å². The molecule has 1 fully saturated rings. The third-order valence-electron chi connectivity index (χ3n) is 4.52. The molecule has 3 aromatic rings. The van der Waals surface area contributed by atoms with Crippen LogP contribution in [-0.2, 0) is 0 Å². The van der Waals surface area contributed by atoms with Crippen LogP contribution < -0.4 is 4.90 Å². The molecule has 0 bridgehead atoms. The molecule has 0 spiro atoms. The molecule has 0 radical (unpaired) electrons. The van der Waals surface area contributed by atoms with Gasteiger partial charge in [0, 0.05) is 29.7 Å². The maximum Gasteiger partial charge on any atom is 0.130 e. The fourth-order valence-electron chi connectivity index (χ4n) is 3.33. The molecule has 2 aromatic heterocycles. The molecule has 4 rings (SSSR count). The highest BCUT2D eigenvalue weighted by Gasteiger charge is 2.29. The van der Waals surface area contributed by atoms with Gasteiger partial charge in [0.25, 0.3) is 0 Å². The maximum atomic E-state index is 9.96. The second kappa shape index (κ2) is 5.92. The molecule has 1 aliphatic heterocycles. The van der Waals surface area contributed by atoms with Crippen molar-refractivity contribution in [3.8, 4) is 11.1 Å². The summed E-state index contributed by atoms with van der Waals surface area (Å²) in [5.74, 6) is 0.784. The minimum absolute atomic E-state index is 0.208. The average Bonchev–Trinajstić information content (AvgIpc) is 3.20. The Morgan fingerprint density at radius 1 is 1.33 bits per heavy atom. The predicted octanol–water partition coefficient (Wildman–Crippen LogP) is 3.89. The maximum absolute atomic E-state index is 9.96. The van der Waals surface area contributed by atoms with Crippen LogP contribution in [0.15, 0.2) is 30.6 Å². The van der Waals surface area contributed by atoms with Crippen molar-refractivity contribution in [2.24, 2.45) is 0 Å². The molecular formula is C17H16Cl2N4O. The van der Waals surface area contributed by atoms with Crippen LogP contribution in [0.3, 0.4) is 0 Å². The normalized spacial score (nSPS) is 20.9. The first-order valence-electron chi connectivity index (χ1n) is 7.77. The van der Waals surface area contributed by atoms with Gasteiger partial charge in [0.15, 0.2) is 0 Å². The predicted molar refractivity (Wildman–Crippen MR) is 96.8 cm³/mol. The number of fused-ring (bicyclic) bond motifs is 1. The smallest absolute Gasteiger partial charge is 0.130 e. The summed E-state index contributed by atoms with van der Waals surface area (Å²) < 4.78 is 0. The van der Waals surface area contributed by atoms with E-state index in [0.717, 1.165) is 28.8 Å². The molecule has 1 saturated heterocycles. The second-order valence-electron chi connectivity index (χ2n) is 6.16. The van der Waals surface area contributed by atoms with Gasteiger partial charge in [-0.05, 0) is 31.0 Å². The number of halogens is 2. The van der Waals surface area contributed by atoms with Gasteiger partial charge in [0.05, 0.1) is 27.9 Å². The standard InChI is InChI=1S/C17H16Cl2N4O/c1-9-4-11(24)8-23(9)15-5-13(10-6-20-21-7-10)12-2-3-14(18)16(19)17(12)22-15/h2-3,5-7,9,11,24H,4,8H2,1H3,(H,20,21)/t9-,11-/m1/s1. The van der Waals surface area contributed by atoms with Crippen molar-refractivity contribution >= 4 is 39.9 Å². The molecule has 5 nitrogen and oxygen atoms in total. The highest BCUT2D eigenvalue weighted by Crippen LogP contribution is 2.38. The number of aliphatic hydroxyl groups excluding tert-OH is 1. The summed E-state index contributed by atoms with van der Waals surface area (Å²) in [7, 11) is 0. The monoisotopic (exact) mass is 362 g/mol. The number of pyridine rings is 1. The fraction of sp³-hybridized carbons (Fsp3) is 0.294. The molecule has 2 atom stereocenters. The third-order valence-corrected chi connectivity index (χ3v) is 5.31. The number of H-pyrrole nitrogens is 1. The summed E-state index contributed by atoms with van der Waals surface area (Å²) in [5, 5.41) is 18.7. The van der Waals surface area contributed by atoms with Crippen LogP contribution in [0.5, 0.6) is 0 Å². The lowest BCUT2D eigenvalue weighted by Gasteiger charge is -2.24. The van der Waals surface area contributed by atoms with E-state index in [1.807, 2.05) is 18.3 Å². The van der Waals surface area contributed by atoms with E-state index in [0.29, 0.717) is 22.1 Å². The Morgan fingerprint density at radius 2 is 2.17 bits per heavy atom. The summed E-state index contributed by atoms with van der Waals surface area (Å²) in [4.78, 5) is 6.84. The number of hydrogen-bond acceptors (Lipinski definition) is 4. The van der Waals surface area contributed by atoms with Crippen LogP contribution in [0.2, 0.25) is 10.0 Å². The van der Waals surface area contributed by atoms with Crippen LogP contribution in [-0.4, -0.2) is 39.0 Å². The van der Waals surface area contributed by atoms with Crippen molar-refractivity contribution < 1.29 is 5.11 Å². The first-order valence-corrected chi connectivity index (χ1v) is 8.53. The Kier molecular flexibility index (Phi) is 3.87. The van der Waals surface area contributed by atoms with Crippen LogP contribution in [0.1, 0.15) is 13.3 Å². The van der Waals surface area contributed by atoms with Crippen molar-refractivity contribution in [3.63, 3.8) is 0 Å². The topological polar surface area (TPSA) is 65.0 Å². The van der Waals surface area contributed by atoms with Crippen molar-refractivity contribution in [2.45, 2.75) is 25.5 Å². The number of nitrogens with one attached hydrogen (secondary N) is 1. The molecule has 24 heavy (non-hydrogen) atoms. The van der Waals surface area contributed by atoms with E-state index < -0.39 is 0 Å². The van der Waals surface area contributed by atoms with Gasteiger partial charge < -0.3 is 10.0 Å². The highest BCUT2D eigenvalue weighted by molar-refractivity contribution is 6.45. The lowest BCUT2D eigenvalue weighted by molar-refractivity contribution is 0.195. The van der Waals surface area contributed by atoms with Crippen molar-refractivity contribution in [1.29, 1.82) is 0 Å². The zero-order valence-corrected chi connectivity index (χ0v) is 14.5. The van der Waals surface area contributed by atoms with E-state index >= 15 is 0 Å². The minimum atomic E-state index is -0.343. The average molecular weight is 363 g/mol. The number of aliphatic hydroxyl groups is 1. The summed E-state index contributed by atoms with van der Waals surface area (Å²) in [6.07, 6.45) is 3.99. The SMILES string of the molecule is C[C@@H]1C[C@@H](O)CN1c1cc(-c2cn[nH]c2)c2ccc(Cl)c(Cl)c2n1. The van der Waals surface area contributed by atoms with Crippen molar-refractivity contribution in [2.75, 3.05) is 11.4 Å². The lowest BCUT2D eigenvalue weighted by atomic mass is 10.0. The van der Waals surface area contributed by atoms with E-state index in [1.54, 1.807) is 12.3 Å². The minimum Gasteiger partial charge on any atom is -0.391 e. The first kappa shape index (κ1) is 15.7. The zero-order chi connectivity index (χ0) is 16.8. The Balaban J connectivity index is 1.97. The third kappa shape index (κ3) is 2.53. The molecule has 7 heteroatoms. The van der Waals surface area contributed by atoms with Gasteiger partial charge in [-0.15, -0.1) is 0 Å². The van der Waals surface area contributed by atoms with Gasteiger partial charge >= 0.3 is 0 Å². The van der Waals surface area contributed by atoms with E-state index in [2.05, 4.69) is 22.0 Å². The van der Waals surface area contributed by atoms with Crippen molar-refractivity contribution in [1.82, 2.24) is 15.2 Å². The van der Waals surface area contributed by atoms with Crippen LogP contribution in [0.4, 0.5) is 5.82 Å². The number of hydrogen-bond donors (Lipinski definition) is 2. The first-order chi connectivity index (χ1) is 11.5. The summed E-state index contributed by atoms with van der Waals surface area (Å²) in [6.45, 7) is 2.64. The number of benzene rings is 1. The van der Waals surface area contributed by atoms with Crippen LogP contribution >= 0.6 is 23.2 Å². The Labute approximate surface area is 149 Å². The van der Waals surface area contributed by atoms with E-state index in [1.165, 1.54) is 0 Å². The molecule has 0 unspecified atom stereocenters. The van der Waals surface area contributed by atoms with Crippen molar-refractivity contribution in [3.05, 3.63) is 40.6 Å². The molecule has 1 aromatic carbocycles. The number of nitrogens with zero attached hydrogens (tertiary/aromatic N) is 3. The van der Waals surface area contributed by atoms with E-state index in [-0.39, 0.29) is 12.1 Å². The number of β-amino-alcohol motifs (C(OH)–C–C–N with tert-alkyl or cyclic N) is 1. The quantitative estimate of drug-likeness (QED) is 0.725. The van der Waals surface area contributed by atoms with Gasteiger partial charge in [-0.2, -0.15) is 5.10 Å². The van der Waals surface area contributed by atoms with Gasteiger partial charge in [0.2, 0.25) is 0 Å². The van der Waals surface area contributed by atoms with E-state index in [4.69, 9.17) is 28.2 Å². The van der Waals surface area contributed by atoms with Gasteiger partial charge in [0.1, 0.15) is 5.82 Å². The van der Waals surface area contributed by atoms with Crippen LogP contribution in [0.25, 0.3) is 22.0 Å². The molecule has 124 valence electrons. The number of aromatic amines is 1. The molecule has 3 heterocycles. The highest BCUT2D eigenvalue weighted by atomic mass is 35.5. The Bertz CT molecular complexity index is 897. The van der Waals surface area contributed by atoms with Gasteiger partial charge in [-0.3, -0.25) is 5.10 Å². The fourth-order valence-corrected chi connectivity index (χ4v) is 3.69. The lowest BCUT2D eigenvalue weighted by Crippen LogP contribution is -2.28. The number of aromatic nitrogens is 3. The largest absolute Gasteiger partial charge is 0.391 e. The number of anilines is 1. The second-order valence-corrected chi connectivity index (χ2v) is 6.95. The molecule has 0 saturated carbocycles. The molecule has 0 aliphatic carbocycles. The molecular weight excluding hydrogens is 347 g/mol.